The van der Waals surface area contributed by atoms with Crippen molar-refractivity contribution in [3.63, 3.8) is 0 Å². The van der Waals surface area contributed by atoms with Crippen molar-refractivity contribution in [2.75, 3.05) is 5.33 Å². The van der Waals surface area contributed by atoms with E-state index >= 15 is 0 Å². The van der Waals surface area contributed by atoms with Gasteiger partial charge in [-0.15, -0.1) is 0 Å². The fraction of sp³-hybridized carbons (Fsp3) is 0.333. The molecule has 0 bridgehead atoms. The molecule has 1 rings (SSSR count). The summed E-state index contributed by atoms with van der Waals surface area (Å²) in [4.78, 5) is 0. The van der Waals surface area contributed by atoms with Crippen LogP contribution in [0.3, 0.4) is 0 Å². The predicted octanol–water partition coefficient (Wildman–Crippen LogP) is 3.05. The first-order valence-corrected chi connectivity index (χ1v) is 5.53. The second kappa shape index (κ2) is 3.90. The van der Waals surface area contributed by atoms with Gasteiger partial charge in [-0.05, 0) is 18.6 Å². The number of hydrogen-bond acceptors (Lipinski definition) is 1. The molecule has 0 amide bonds. The molecular weight excluding hydrogens is 284 g/mol. The minimum Gasteiger partial charge on any atom is -0.385 e. The van der Waals surface area contributed by atoms with E-state index in [4.69, 9.17) is 0 Å². The first-order chi connectivity index (χ1) is 5.58. The largest absolute Gasteiger partial charge is 0.385 e. The molecule has 1 aromatic rings. The standard InChI is InChI=1S/C9H10Br2O/c1-9(12,6-10)7-4-2-3-5-8(7)11/h2-5,12H,6H2,1H3. The van der Waals surface area contributed by atoms with E-state index in [2.05, 4.69) is 31.9 Å². The van der Waals surface area contributed by atoms with E-state index in [0.29, 0.717) is 5.33 Å². The van der Waals surface area contributed by atoms with Crippen molar-refractivity contribution in [3.05, 3.63) is 34.3 Å². The molecule has 0 heterocycles. The predicted molar refractivity (Wildman–Crippen MR) is 57.5 cm³/mol. The zero-order valence-electron chi connectivity index (χ0n) is 6.72. The lowest BCUT2D eigenvalue weighted by molar-refractivity contribution is 0.0845. The third-order valence-electron chi connectivity index (χ3n) is 1.71. The Bertz CT molecular complexity index is 271. The van der Waals surface area contributed by atoms with Crippen LogP contribution in [0.25, 0.3) is 0 Å². The zero-order valence-corrected chi connectivity index (χ0v) is 9.89. The third kappa shape index (κ3) is 2.09. The molecule has 0 fully saturated rings. The summed E-state index contributed by atoms with van der Waals surface area (Å²) in [5, 5.41) is 10.4. The van der Waals surface area contributed by atoms with Gasteiger partial charge >= 0.3 is 0 Å². The summed E-state index contributed by atoms with van der Waals surface area (Å²) in [6, 6.07) is 7.67. The van der Waals surface area contributed by atoms with Crippen LogP contribution in [0.5, 0.6) is 0 Å². The lowest BCUT2D eigenvalue weighted by Gasteiger charge is -2.21. The van der Waals surface area contributed by atoms with E-state index in [-0.39, 0.29) is 0 Å². The topological polar surface area (TPSA) is 20.2 Å². The molecule has 0 saturated carbocycles. The van der Waals surface area contributed by atoms with Crippen LogP contribution in [0, 0.1) is 0 Å². The Kier molecular flexibility index (Phi) is 3.32. The van der Waals surface area contributed by atoms with Crippen LogP contribution in [0.15, 0.2) is 28.7 Å². The number of aliphatic hydroxyl groups is 1. The van der Waals surface area contributed by atoms with Crippen LogP contribution in [0.2, 0.25) is 0 Å². The summed E-state index contributed by atoms with van der Waals surface area (Å²) < 4.78 is 0.939. The zero-order chi connectivity index (χ0) is 9.19. The first-order valence-electron chi connectivity index (χ1n) is 3.61. The highest BCUT2D eigenvalue weighted by molar-refractivity contribution is 9.10. The van der Waals surface area contributed by atoms with Crippen LogP contribution < -0.4 is 0 Å². The number of rotatable bonds is 2. The van der Waals surface area contributed by atoms with E-state index in [1.54, 1.807) is 6.92 Å². The minimum atomic E-state index is -0.805. The Labute approximate surface area is 89.1 Å². The van der Waals surface area contributed by atoms with Gasteiger partial charge in [0.1, 0.15) is 0 Å². The molecular formula is C9H10Br2O. The first kappa shape index (κ1) is 10.2. The van der Waals surface area contributed by atoms with Gasteiger partial charge in [-0.25, -0.2) is 0 Å². The quantitative estimate of drug-likeness (QED) is 0.831. The van der Waals surface area contributed by atoms with Gasteiger partial charge in [0.05, 0.1) is 5.60 Å². The second-order valence-electron chi connectivity index (χ2n) is 2.89. The molecule has 66 valence electrons. The minimum absolute atomic E-state index is 0.530. The normalized spacial score (nSPS) is 15.7. The van der Waals surface area contributed by atoms with Gasteiger partial charge in [-0.2, -0.15) is 0 Å². The summed E-state index contributed by atoms with van der Waals surface area (Å²) in [6.45, 7) is 1.78. The summed E-state index contributed by atoms with van der Waals surface area (Å²) in [7, 11) is 0. The van der Waals surface area contributed by atoms with E-state index in [0.717, 1.165) is 10.0 Å². The Hall–Kier alpha value is 0.140. The van der Waals surface area contributed by atoms with Gasteiger partial charge in [0.15, 0.2) is 0 Å². The number of alkyl halides is 1. The fourth-order valence-corrected chi connectivity index (χ4v) is 1.98. The lowest BCUT2D eigenvalue weighted by atomic mass is 9.99. The van der Waals surface area contributed by atoms with Gasteiger partial charge < -0.3 is 5.11 Å². The van der Waals surface area contributed by atoms with Gasteiger partial charge in [0.25, 0.3) is 0 Å². The smallest absolute Gasteiger partial charge is 0.0975 e. The average Bonchev–Trinajstić information content (AvgIpc) is 2.05. The van der Waals surface area contributed by atoms with Crippen LogP contribution in [-0.2, 0) is 5.60 Å². The maximum Gasteiger partial charge on any atom is 0.0975 e. The van der Waals surface area contributed by atoms with Crippen LogP contribution >= 0.6 is 31.9 Å². The number of benzene rings is 1. The molecule has 0 aromatic heterocycles. The maximum absolute atomic E-state index is 9.90. The Morgan fingerprint density at radius 2 is 2.00 bits per heavy atom. The summed E-state index contributed by atoms with van der Waals surface area (Å²) in [5.41, 5.74) is 0.0991. The van der Waals surface area contributed by atoms with Crippen molar-refractivity contribution in [3.8, 4) is 0 Å². The molecule has 1 nitrogen and oxygen atoms in total. The van der Waals surface area contributed by atoms with E-state index in [9.17, 15) is 5.11 Å². The van der Waals surface area contributed by atoms with Gasteiger partial charge in [-0.1, -0.05) is 50.1 Å². The molecule has 0 saturated heterocycles. The third-order valence-corrected chi connectivity index (χ3v) is 3.50. The molecule has 0 spiro atoms. The highest BCUT2D eigenvalue weighted by atomic mass is 79.9. The molecule has 1 atom stereocenters. The Balaban J connectivity index is 3.10. The van der Waals surface area contributed by atoms with Crippen molar-refractivity contribution >= 4 is 31.9 Å². The van der Waals surface area contributed by atoms with Gasteiger partial charge in [0.2, 0.25) is 0 Å². The van der Waals surface area contributed by atoms with Crippen molar-refractivity contribution in [1.29, 1.82) is 0 Å². The van der Waals surface area contributed by atoms with Crippen molar-refractivity contribution in [2.24, 2.45) is 0 Å². The van der Waals surface area contributed by atoms with Gasteiger partial charge in [-0.3, -0.25) is 0 Å². The van der Waals surface area contributed by atoms with Crippen molar-refractivity contribution < 1.29 is 5.11 Å². The molecule has 1 aromatic carbocycles. The molecule has 0 aliphatic carbocycles. The van der Waals surface area contributed by atoms with Crippen LogP contribution in [-0.4, -0.2) is 10.4 Å². The molecule has 0 radical (unpaired) electrons. The molecule has 1 N–H and O–H groups in total. The van der Waals surface area contributed by atoms with E-state index < -0.39 is 5.60 Å². The Morgan fingerprint density at radius 3 is 2.50 bits per heavy atom. The number of halogens is 2. The molecule has 3 heteroatoms. The van der Waals surface area contributed by atoms with Crippen molar-refractivity contribution in [2.45, 2.75) is 12.5 Å². The SMILES string of the molecule is CC(O)(CBr)c1ccccc1Br. The summed E-state index contributed by atoms with van der Waals surface area (Å²) >= 11 is 6.66. The van der Waals surface area contributed by atoms with E-state index in [1.165, 1.54) is 0 Å². The molecule has 0 aliphatic rings. The highest BCUT2D eigenvalue weighted by Gasteiger charge is 2.23. The average molecular weight is 294 g/mol. The van der Waals surface area contributed by atoms with Crippen LogP contribution in [0.4, 0.5) is 0 Å². The number of hydrogen-bond donors (Lipinski definition) is 1. The lowest BCUT2D eigenvalue weighted by Crippen LogP contribution is -2.23. The van der Waals surface area contributed by atoms with Gasteiger partial charge in [0, 0.05) is 9.80 Å². The highest BCUT2D eigenvalue weighted by Crippen LogP contribution is 2.29. The van der Waals surface area contributed by atoms with Crippen molar-refractivity contribution in [1.82, 2.24) is 0 Å². The monoisotopic (exact) mass is 292 g/mol. The Morgan fingerprint density at radius 1 is 1.42 bits per heavy atom. The maximum atomic E-state index is 9.90. The second-order valence-corrected chi connectivity index (χ2v) is 4.30. The van der Waals surface area contributed by atoms with Crippen LogP contribution in [0.1, 0.15) is 12.5 Å². The summed E-state index contributed by atoms with van der Waals surface area (Å²) in [5.74, 6) is 0. The van der Waals surface area contributed by atoms with E-state index in [1.807, 2.05) is 24.3 Å². The molecule has 1 unspecified atom stereocenters. The molecule has 0 aliphatic heterocycles. The fourth-order valence-electron chi connectivity index (χ4n) is 0.970. The summed E-state index contributed by atoms with van der Waals surface area (Å²) in [6.07, 6.45) is 0. The molecule has 12 heavy (non-hydrogen) atoms.